The fourth-order valence-electron chi connectivity index (χ4n) is 2.75. The van der Waals surface area contributed by atoms with Gasteiger partial charge >= 0.3 is 5.97 Å². The first kappa shape index (κ1) is 20.1. The summed E-state index contributed by atoms with van der Waals surface area (Å²) in [5.41, 5.74) is 2.25. The van der Waals surface area contributed by atoms with Crippen LogP contribution in [0.3, 0.4) is 0 Å². The number of amides is 1. The topological polar surface area (TPSA) is 64.6 Å². The molecular weight excluding hydrogens is 366 g/mol. The summed E-state index contributed by atoms with van der Waals surface area (Å²) >= 11 is 0. The van der Waals surface area contributed by atoms with Crippen LogP contribution in [-0.2, 0) is 11.2 Å². The zero-order valence-electron chi connectivity index (χ0n) is 16.3. The van der Waals surface area contributed by atoms with E-state index in [4.69, 9.17) is 9.47 Å². The van der Waals surface area contributed by atoms with Crippen molar-refractivity contribution in [3.8, 4) is 11.5 Å². The smallest absolute Gasteiger partial charge is 0.311 e. The Balaban J connectivity index is 1.48. The Morgan fingerprint density at radius 3 is 2.14 bits per heavy atom. The Hall–Kier alpha value is -3.60. The van der Waals surface area contributed by atoms with Crippen molar-refractivity contribution in [2.45, 2.75) is 19.8 Å². The summed E-state index contributed by atoms with van der Waals surface area (Å²) in [7, 11) is 0. The van der Waals surface area contributed by atoms with Gasteiger partial charge in [-0.2, -0.15) is 0 Å². The van der Waals surface area contributed by atoms with Crippen LogP contribution in [0.2, 0.25) is 0 Å². The maximum atomic E-state index is 12.2. The summed E-state index contributed by atoms with van der Waals surface area (Å²) in [5, 5.41) is 2.81. The van der Waals surface area contributed by atoms with E-state index in [1.807, 2.05) is 61.5 Å². The molecule has 0 fully saturated rings. The highest BCUT2D eigenvalue weighted by Gasteiger charge is 2.09. The molecule has 0 spiro atoms. The molecule has 0 aliphatic heterocycles. The molecule has 5 heteroatoms. The third kappa shape index (κ3) is 6.21. The Bertz CT molecular complexity index is 935. The highest BCUT2D eigenvalue weighted by Crippen LogP contribution is 2.16. The maximum absolute atomic E-state index is 12.2. The Morgan fingerprint density at radius 2 is 1.48 bits per heavy atom. The zero-order valence-corrected chi connectivity index (χ0v) is 16.3. The molecule has 0 aliphatic carbocycles. The van der Waals surface area contributed by atoms with Crippen LogP contribution >= 0.6 is 0 Å². The standard InChI is InChI=1S/C24H23NO4/c1-2-28-21-13-8-18(9-14-21)10-17-23(26)29-22-15-11-19(12-16-22)24(27)25-20-6-4-3-5-7-20/h3-9,11-16H,2,10,17H2,1H3,(H,25,27). The van der Waals surface area contributed by atoms with E-state index < -0.39 is 0 Å². The van der Waals surface area contributed by atoms with Crippen LogP contribution < -0.4 is 14.8 Å². The third-order valence-corrected chi connectivity index (χ3v) is 4.23. The Kier molecular flexibility index (Phi) is 7.00. The zero-order chi connectivity index (χ0) is 20.5. The molecule has 0 aliphatic rings. The molecule has 0 heterocycles. The average Bonchev–Trinajstić information content (AvgIpc) is 2.75. The fourth-order valence-corrected chi connectivity index (χ4v) is 2.75. The quantitative estimate of drug-likeness (QED) is 0.441. The number of aryl methyl sites for hydroxylation is 1. The number of carbonyl (C=O) groups excluding carboxylic acids is 2. The van der Waals surface area contributed by atoms with Crippen LogP contribution in [0.1, 0.15) is 29.3 Å². The number of nitrogens with one attached hydrogen (secondary N) is 1. The molecule has 3 aromatic rings. The Morgan fingerprint density at radius 1 is 0.828 bits per heavy atom. The number of para-hydroxylation sites is 1. The van der Waals surface area contributed by atoms with Crippen molar-refractivity contribution < 1.29 is 19.1 Å². The van der Waals surface area contributed by atoms with Crippen molar-refractivity contribution in [2.24, 2.45) is 0 Å². The van der Waals surface area contributed by atoms with Crippen molar-refractivity contribution in [3.63, 3.8) is 0 Å². The van der Waals surface area contributed by atoms with Crippen LogP contribution in [0.4, 0.5) is 5.69 Å². The van der Waals surface area contributed by atoms with Gasteiger partial charge < -0.3 is 14.8 Å². The first-order valence-electron chi connectivity index (χ1n) is 9.53. The van der Waals surface area contributed by atoms with Gasteiger partial charge in [0, 0.05) is 17.7 Å². The van der Waals surface area contributed by atoms with E-state index >= 15 is 0 Å². The first-order chi connectivity index (χ1) is 14.1. The molecule has 29 heavy (non-hydrogen) atoms. The van der Waals surface area contributed by atoms with Gasteiger partial charge in [0.2, 0.25) is 0 Å². The lowest BCUT2D eigenvalue weighted by molar-refractivity contribution is -0.134. The van der Waals surface area contributed by atoms with Gasteiger partial charge in [0.15, 0.2) is 0 Å². The van der Waals surface area contributed by atoms with Gasteiger partial charge in [-0.3, -0.25) is 9.59 Å². The summed E-state index contributed by atoms with van der Waals surface area (Å²) in [5.74, 6) is 0.693. The lowest BCUT2D eigenvalue weighted by Gasteiger charge is -2.08. The van der Waals surface area contributed by atoms with E-state index in [1.165, 1.54) is 0 Å². The summed E-state index contributed by atoms with van der Waals surface area (Å²) in [6.07, 6.45) is 0.854. The van der Waals surface area contributed by atoms with E-state index in [9.17, 15) is 9.59 Å². The van der Waals surface area contributed by atoms with Crippen LogP contribution in [0, 0.1) is 0 Å². The van der Waals surface area contributed by atoms with Gasteiger partial charge in [-0.25, -0.2) is 0 Å². The largest absolute Gasteiger partial charge is 0.494 e. The van der Waals surface area contributed by atoms with Crippen LogP contribution in [0.25, 0.3) is 0 Å². The second kappa shape index (κ2) is 10.1. The second-order valence-electron chi connectivity index (χ2n) is 6.40. The van der Waals surface area contributed by atoms with E-state index in [-0.39, 0.29) is 18.3 Å². The molecule has 0 unspecified atom stereocenters. The van der Waals surface area contributed by atoms with Crippen LogP contribution in [0.15, 0.2) is 78.9 Å². The van der Waals surface area contributed by atoms with E-state index in [1.54, 1.807) is 24.3 Å². The number of hydrogen-bond donors (Lipinski definition) is 1. The molecule has 3 aromatic carbocycles. The normalized spacial score (nSPS) is 10.2. The second-order valence-corrected chi connectivity index (χ2v) is 6.40. The molecule has 0 saturated heterocycles. The minimum atomic E-state index is -0.319. The number of hydrogen-bond acceptors (Lipinski definition) is 4. The number of rotatable bonds is 8. The average molecular weight is 389 g/mol. The first-order valence-corrected chi connectivity index (χ1v) is 9.53. The number of carbonyl (C=O) groups is 2. The molecule has 0 radical (unpaired) electrons. The number of anilines is 1. The minimum absolute atomic E-state index is 0.218. The van der Waals surface area contributed by atoms with Crippen molar-refractivity contribution in [2.75, 3.05) is 11.9 Å². The summed E-state index contributed by atoms with van der Waals surface area (Å²) in [4.78, 5) is 24.3. The molecule has 1 N–H and O–H groups in total. The molecule has 5 nitrogen and oxygen atoms in total. The van der Waals surface area contributed by atoms with E-state index in [0.29, 0.717) is 24.3 Å². The number of esters is 1. The van der Waals surface area contributed by atoms with E-state index in [0.717, 1.165) is 17.0 Å². The van der Waals surface area contributed by atoms with Crippen molar-refractivity contribution in [3.05, 3.63) is 90.0 Å². The van der Waals surface area contributed by atoms with Gasteiger partial charge in [-0.05, 0) is 67.4 Å². The van der Waals surface area contributed by atoms with Crippen molar-refractivity contribution >= 4 is 17.6 Å². The molecule has 0 saturated carbocycles. The maximum Gasteiger partial charge on any atom is 0.311 e. The highest BCUT2D eigenvalue weighted by atomic mass is 16.5. The minimum Gasteiger partial charge on any atom is -0.494 e. The predicted molar refractivity (Wildman–Crippen MR) is 112 cm³/mol. The number of benzene rings is 3. The van der Waals surface area contributed by atoms with Gasteiger partial charge in [0.05, 0.1) is 6.61 Å². The molecular formula is C24H23NO4. The summed E-state index contributed by atoms with van der Waals surface area (Å²) < 4.78 is 10.8. The third-order valence-electron chi connectivity index (χ3n) is 4.23. The van der Waals surface area contributed by atoms with E-state index in [2.05, 4.69) is 5.32 Å². The molecule has 148 valence electrons. The lowest BCUT2D eigenvalue weighted by atomic mass is 10.1. The SMILES string of the molecule is CCOc1ccc(CCC(=O)Oc2ccc(C(=O)Nc3ccccc3)cc2)cc1. The molecule has 1 amide bonds. The van der Waals surface area contributed by atoms with Crippen molar-refractivity contribution in [1.29, 1.82) is 0 Å². The lowest BCUT2D eigenvalue weighted by Crippen LogP contribution is -2.12. The van der Waals surface area contributed by atoms with Crippen LogP contribution in [0.5, 0.6) is 11.5 Å². The molecule has 0 aromatic heterocycles. The predicted octanol–water partition coefficient (Wildman–Crippen LogP) is 4.88. The van der Waals surface area contributed by atoms with Gasteiger partial charge in [-0.15, -0.1) is 0 Å². The Labute approximate surface area is 170 Å². The molecule has 3 rings (SSSR count). The number of ether oxygens (including phenoxy) is 2. The van der Waals surface area contributed by atoms with Gasteiger partial charge in [0.25, 0.3) is 5.91 Å². The van der Waals surface area contributed by atoms with Gasteiger partial charge in [-0.1, -0.05) is 30.3 Å². The van der Waals surface area contributed by atoms with Crippen molar-refractivity contribution in [1.82, 2.24) is 0 Å². The molecule has 0 atom stereocenters. The van der Waals surface area contributed by atoms with Crippen LogP contribution in [-0.4, -0.2) is 18.5 Å². The highest BCUT2D eigenvalue weighted by molar-refractivity contribution is 6.04. The van der Waals surface area contributed by atoms with Gasteiger partial charge in [0.1, 0.15) is 11.5 Å². The fraction of sp³-hybridized carbons (Fsp3) is 0.167. The summed E-state index contributed by atoms with van der Waals surface area (Å²) in [6.45, 7) is 2.56. The monoisotopic (exact) mass is 389 g/mol. The molecule has 0 bridgehead atoms. The summed E-state index contributed by atoms with van der Waals surface area (Å²) in [6, 6.07) is 23.4.